The Bertz CT molecular complexity index is 655. The summed E-state index contributed by atoms with van der Waals surface area (Å²) in [6, 6.07) is 14.3. The number of rotatable bonds is 8. The molecular formula is C19H24N4O3. The highest BCUT2D eigenvalue weighted by Gasteiger charge is 2.17. The first-order valence-electron chi connectivity index (χ1n) is 8.38. The number of methoxy groups -OCH3 is 1. The molecular weight excluding hydrogens is 332 g/mol. The van der Waals surface area contributed by atoms with Crippen molar-refractivity contribution in [1.82, 2.24) is 20.9 Å². The van der Waals surface area contributed by atoms with Gasteiger partial charge in [-0.3, -0.25) is 20.4 Å². The number of carbonyl (C=O) groups excluding carboxylic acids is 2. The van der Waals surface area contributed by atoms with Gasteiger partial charge in [-0.05, 0) is 24.6 Å². The van der Waals surface area contributed by atoms with Crippen molar-refractivity contribution in [2.24, 2.45) is 0 Å². The van der Waals surface area contributed by atoms with E-state index in [4.69, 9.17) is 4.74 Å². The van der Waals surface area contributed by atoms with Crippen LogP contribution >= 0.6 is 0 Å². The lowest BCUT2D eigenvalue weighted by Gasteiger charge is -2.19. The smallest absolute Gasteiger partial charge is 0.321 e. The minimum Gasteiger partial charge on any atom is -0.383 e. The van der Waals surface area contributed by atoms with Crippen molar-refractivity contribution in [3.63, 3.8) is 0 Å². The van der Waals surface area contributed by atoms with Gasteiger partial charge in [-0.15, -0.1) is 0 Å². The van der Waals surface area contributed by atoms with E-state index in [1.807, 2.05) is 48.5 Å². The zero-order valence-corrected chi connectivity index (χ0v) is 14.9. The van der Waals surface area contributed by atoms with Crippen LogP contribution in [0, 0.1) is 0 Å². The Balaban J connectivity index is 1.95. The molecule has 1 aromatic carbocycles. The summed E-state index contributed by atoms with van der Waals surface area (Å²) in [6.45, 7) is 2.14. The second-order valence-electron chi connectivity index (χ2n) is 5.86. The summed E-state index contributed by atoms with van der Waals surface area (Å²) in [7, 11) is 1.55. The number of aromatic nitrogens is 1. The third-order valence-electron chi connectivity index (χ3n) is 3.63. The van der Waals surface area contributed by atoms with Gasteiger partial charge in [0.05, 0.1) is 30.9 Å². The average molecular weight is 356 g/mol. The molecule has 0 aliphatic rings. The molecule has 0 saturated heterocycles. The van der Waals surface area contributed by atoms with Crippen molar-refractivity contribution in [2.45, 2.75) is 19.0 Å². The van der Waals surface area contributed by atoms with Gasteiger partial charge >= 0.3 is 6.03 Å². The predicted molar refractivity (Wildman–Crippen MR) is 98.5 cm³/mol. The maximum absolute atomic E-state index is 12.1. The van der Waals surface area contributed by atoms with Crippen LogP contribution < -0.4 is 16.0 Å². The van der Waals surface area contributed by atoms with Crippen LogP contribution in [0.2, 0.25) is 0 Å². The summed E-state index contributed by atoms with van der Waals surface area (Å²) in [6.07, 6.45) is 1.71. The zero-order chi connectivity index (χ0) is 18.8. The third kappa shape index (κ3) is 6.27. The van der Waals surface area contributed by atoms with Gasteiger partial charge in [0.25, 0.3) is 0 Å². The van der Waals surface area contributed by atoms with Crippen LogP contribution in [0.25, 0.3) is 0 Å². The van der Waals surface area contributed by atoms with Crippen LogP contribution in [0.3, 0.4) is 0 Å². The Morgan fingerprint density at radius 2 is 1.85 bits per heavy atom. The Morgan fingerprint density at radius 1 is 1.12 bits per heavy atom. The third-order valence-corrected chi connectivity index (χ3v) is 3.63. The number of hydrogen-bond donors (Lipinski definition) is 3. The predicted octanol–water partition coefficient (Wildman–Crippen LogP) is 1.62. The molecule has 2 aromatic rings. The molecule has 0 saturated carbocycles. The minimum absolute atomic E-state index is 0.0256. The second kappa shape index (κ2) is 10.3. The first-order valence-corrected chi connectivity index (χ1v) is 8.38. The van der Waals surface area contributed by atoms with E-state index in [0.29, 0.717) is 6.61 Å². The number of pyridine rings is 1. The largest absolute Gasteiger partial charge is 0.383 e. The van der Waals surface area contributed by atoms with Crippen molar-refractivity contribution >= 4 is 11.9 Å². The van der Waals surface area contributed by atoms with Crippen LogP contribution in [0.15, 0.2) is 54.7 Å². The van der Waals surface area contributed by atoms with Gasteiger partial charge in [0.1, 0.15) is 0 Å². The topological polar surface area (TPSA) is 92.4 Å². The Hall–Kier alpha value is -2.77. The van der Waals surface area contributed by atoms with Crippen molar-refractivity contribution in [1.29, 1.82) is 0 Å². The summed E-state index contributed by atoms with van der Waals surface area (Å²) >= 11 is 0. The van der Waals surface area contributed by atoms with E-state index in [-0.39, 0.29) is 18.6 Å². The van der Waals surface area contributed by atoms with E-state index in [9.17, 15) is 9.59 Å². The lowest BCUT2D eigenvalue weighted by Crippen LogP contribution is -2.47. The van der Waals surface area contributed by atoms with Crippen LogP contribution in [0.4, 0.5) is 4.79 Å². The number of ether oxygens (including phenoxy) is 1. The molecule has 7 heteroatoms. The van der Waals surface area contributed by atoms with E-state index < -0.39 is 11.9 Å². The lowest BCUT2D eigenvalue weighted by atomic mass is 10.0. The van der Waals surface area contributed by atoms with E-state index in [0.717, 1.165) is 11.3 Å². The number of hydrogen-bond acceptors (Lipinski definition) is 5. The van der Waals surface area contributed by atoms with Gasteiger partial charge in [-0.2, -0.15) is 0 Å². The number of urea groups is 1. The first kappa shape index (κ1) is 19.6. The fourth-order valence-electron chi connectivity index (χ4n) is 2.50. The monoisotopic (exact) mass is 356 g/mol. The number of carbonyl (C=O) groups is 2. The van der Waals surface area contributed by atoms with Gasteiger partial charge in [0.2, 0.25) is 5.91 Å². The number of benzene rings is 1. The summed E-state index contributed by atoms with van der Waals surface area (Å²) in [5.41, 5.74) is 1.78. The van der Waals surface area contributed by atoms with Crippen LogP contribution in [0.1, 0.15) is 24.2 Å². The van der Waals surface area contributed by atoms with Gasteiger partial charge < -0.3 is 10.1 Å². The Morgan fingerprint density at radius 3 is 2.50 bits per heavy atom. The molecule has 1 heterocycles. The molecule has 138 valence electrons. The standard InChI is InChI=1S/C19H24N4O3/c1-14(13-26-2)22-19(25)23-17(24)12-21-18(15-8-4-3-5-9-15)16-10-6-7-11-20-16/h3-11,14,18,21H,12-13H2,1-2H3,(H2,22,23,24,25). The number of nitrogens with zero attached hydrogens (tertiary/aromatic N) is 1. The SMILES string of the molecule is COCC(C)NC(=O)NC(=O)CNC(c1ccccc1)c1ccccn1. The highest BCUT2D eigenvalue weighted by Crippen LogP contribution is 2.19. The summed E-state index contributed by atoms with van der Waals surface area (Å²) in [5.74, 6) is -0.427. The van der Waals surface area contributed by atoms with E-state index in [1.165, 1.54) is 0 Å². The van der Waals surface area contributed by atoms with E-state index in [2.05, 4.69) is 20.9 Å². The summed E-state index contributed by atoms with van der Waals surface area (Å²) in [5, 5.41) is 8.08. The van der Waals surface area contributed by atoms with Gasteiger partial charge in [-0.25, -0.2) is 4.79 Å². The highest BCUT2D eigenvalue weighted by molar-refractivity contribution is 5.95. The van der Waals surface area contributed by atoms with Crippen LogP contribution in [-0.4, -0.2) is 43.2 Å². The molecule has 0 fully saturated rings. The van der Waals surface area contributed by atoms with E-state index in [1.54, 1.807) is 20.2 Å². The Kier molecular flexibility index (Phi) is 7.73. The average Bonchev–Trinajstić information content (AvgIpc) is 2.63. The maximum Gasteiger partial charge on any atom is 0.321 e. The van der Waals surface area contributed by atoms with Crippen molar-refractivity contribution in [3.05, 3.63) is 66.0 Å². The van der Waals surface area contributed by atoms with E-state index >= 15 is 0 Å². The molecule has 2 atom stereocenters. The summed E-state index contributed by atoms with van der Waals surface area (Å²) < 4.78 is 4.94. The molecule has 0 bridgehead atoms. The molecule has 26 heavy (non-hydrogen) atoms. The first-order chi connectivity index (χ1) is 12.6. The molecule has 1 aromatic heterocycles. The molecule has 7 nitrogen and oxygen atoms in total. The number of nitrogens with one attached hydrogen (secondary N) is 3. The maximum atomic E-state index is 12.1. The van der Waals surface area contributed by atoms with Crippen molar-refractivity contribution < 1.29 is 14.3 Å². The zero-order valence-electron chi connectivity index (χ0n) is 14.9. The normalized spacial score (nSPS) is 12.8. The molecule has 2 unspecified atom stereocenters. The molecule has 0 spiro atoms. The number of imide groups is 1. The lowest BCUT2D eigenvalue weighted by molar-refractivity contribution is -0.119. The molecule has 0 aliphatic carbocycles. The van der Waals surface area contributed by atoms with Crippen LogP contribution in [-0.2, 0) is 9.53 Å². The van der Waals surface area contributed by atoms with Gasteiger partial charge in [0, 0.05) is 13.3 Å². The molecule has 0 radical (unpaired) electrons. The molecule has 3 N–H and O–H groups in total. The number of amides is 3. The van der Waals surface area contributed by atoms with Gasteiger partial charge in [0.15, 0.2) is 0 Å². The van der Waals surface area contributed by atoms with Gasteiger partial charge in [-0.1, -0.05) is 36.4 Å². The molecule has 3 amide bonds. The van der Waals surface area contributed by atoms with Crippen molar-refractivity contribution in [3.8, 4) is 0 Å². The quantitative estimate of drug-likeness (QED) is 0.668. The summed E-state index contributed by atoms with van der Waals surface area (Å²) in [4.78, 5) is 28.2. The highest BCUT2D eigenvalue weighted by atomic mass is 16.5. The molecule has 2 rings (SSSR count). The molecule has 0 aliphatic heterocycles. The van der Waals surface area contributed by atoms with Crippen molar-refractivity contribution in [2.75, 3.05) is 20.3 Å². The Labute approximate surface area is 153 Å². The minimum atomic E-state index is -0.546. The van der Waals surface area contributed by atoms with Crippen LogP contribution in [0.5, 0.6) is 0 Å². The fraction of sp³-hybridized carbons (Fsp3) is 0.316. The fourth-order valence-corrected chi connectivity index (χ4v) is 2.50. The second-order valence-corrected chi connectivity index (χ2v) is 5.86.